The van der Waals surface area contributed by atoms with E-state index in [4.69, 9.17) is 0 Å². The largest absolute Gasteiger partial charge is 0.342 e. The molecule has 0 radical (unpaired) electrons. The summed E-state index contributed by atoms with van der Waals surface area (Å²) in [5.74, 6) is 0.222. The highest BCUT2D eigenvalue weighted by Gasteiger charge is 2.15. The Morgan fingerprint density at radius 3 is 2.67 bits per heavy atom. The van der Waals surface area contributed by atoms with Crippen molar-refractivity contribution >= 4 is 17.2 Å². The van der Waals surface area contributed by atoms with E-state index >= 15 is 0 Å². The van der Waals surface area contributed by atoms with Crippen LogP contribution in [0.15, 0.2) is 0 Å². The van der Waals surface area contributed by atoms with Gasteiger partial charge < -0.3 is 10.2 Å². The molecule has 4 nitrogen and oxygen atoms in total. The number of hydrogen-bond donors (Lipinski definition) is 1. The molecule has 0 aliphatic carbocycles. The predicted octanol–water partition coefficient (Wildman–Crippen LogP) is 1.86. The van der Waals surface area contributed by atoms with E-state index in [0.717, 1.165) is 36.6 Å². The first-order valence-corrected chi connectivity index (χ1v) is 7.40. The van der Waals surface area contributed by atoms with Crippen LogP contribution in [0.5, 0.6) is 0 Å². The van der Waals surface area contributed by atoms with Gasteiger partial charge in [0.1, 0.15) is 5.01 Å². The van der Waals surface area contributed by atoms with Crippen molar-refractivity contribution in [1.29, 1.82) is 0 Å². The van der Waals surface area contributed by atoms with Gasteiger partial charge in [-0.3, -0.25) is 4.79 Å². The van der Waals surface area contributed by atoms with Crippen molar-refractivity contribution in [3.8, 4) is 0 Å². The molecule has 1 amide bonds. The minimum Gasteiger partial charge on any atom is -0.342 e. The Morgan fingerprint density at radius 1 is 1.33 bits per heavy atom. The van der Waals surface area contributed by atoms with Gasteiger partial charge in [0.25, 0.3) is 0 Å². The van der Waals surface area contributed by atoms with Crippen LogP contribution >= 0.6 is 11.3 Å². The second-order valence-electron chi connectivity index (χ2n) is 4.79. The Bertz CT molecular complexity index is 391. The number of aryl methyl sites for hydroxylation is 2. The third-order valence-electron chi connectivity index (χ3n) is 3.33. The minimum atomic E-state index is 0.222. The van der Waals surface area contributed by atoms with Crippen LogP contribution in [-0.2, 0) is 11.3 Å². The van der Waals surface area contributed by atoms with E-state index in [0.29, 0.717) is 13.1 Å². The second-order valence-corrected chi connectivity index (χ2v) is 6.08. The Morgan fingerprint density at radius 2 is 2.06 bits per heavy atom. The quantitative estimate of drug-likeness (QED) is 0.905. The molecule has 1 fully saturated rings. The highest BCUT2D eigenvalue weighted by Crippen LogP contribution is 2.15. The number of carbonyl (C=O) groups is 1. The van der Waals surface area contributed by atoms with Gasteiger partial charge in [-0.15, -0.1) is 11.3 Å². The zero-order valence-corrected chi connectivity index (χ0v) is 12.0. The van der Waals surface area contributed by atoms with Crippen LogP contribution in [0.4, 0.5) is 0 Å². The molecule has 0 spiro atoms. The smallest absolute Gasteiger partial charge is 0.236 e. The van der Waals surface area contributed by atoms with Crippen molar-refractivity contribution in [2.45, 2.75) is 39.7 Å². The molecule has 0 unspecified atom stereocenters. The average molecular weight is 267 g/mol. The summed E-state index contributed by atoms with van der Waals surface area (Å²) in [6.45, 7) is 7.08. The van der Waals surface area contributed by atoms with E-state index in [-0.39, 0.29) is 5.91 Å². The molecule has 2 heterocycles. The fourth-order valence-corrected chi connectivity index (χ4v) is 3.05. The zero-order chi connectivity index (χ0) is 13.0. The first kappa shape index (κ1) is 13.5. The molecule has 1 aromatic heterocycles. The van der Waals surface area contributed by atoms with Crippen molar-refractivity contribution in [3.05, 3.63) is 15.6 Å². The molecule has 100 valence electrons. The topological polar surface area (TPSA) is 45.2 Å². The second kappa shape index (κ2) is 6.29. The van der Waals surface area contributed by atoms with E-state index < -0.39 is 0 Å². The number of likely N-dealkylation sites (tertiary alicyclic amines) is 1. The van der Waals surface area contributed by atoms with Gasteiger partial charge >= 0.3 is 0 Å². The van der Waals surface area contributed by atoms with E-state index in [1.165, 1.54) is 11.3 Å². The van der Waals surface area contributed by atoms with Gasteiger partial charge in [-0.05, 0) is 33.1 Å². The first-order chi connectivity index (χ1) is 8.66. The average Bonchev–Trinajstić information content (AvgIpc) is 2.69. The van der Waals surface area contributed by atoms with Crippen LogP contribution in [-0.4, -0.2) is 35.4 Å². The highest BCUT2D eigenvalue weighted by atomic mass is 32.1. The third kappa shape index (κ3) is 3.53. The Hall–Kier alpha value is -0.940. The number of aromatic nitrogens is 1. The van der Waals surface area contributed by atoms with Crippen molar-refractivity contribution in [2.24, 2.45) is 0 Å². The van der Waals surface area contributed by atoms with Crippen LogP contribution < -0.4 is 5.32 Å². The van der Waals surface area contributed by atoms with Gasteiger partial charge in [0.2, 0.25) is 5.91 Å². The van der Waals surface area contributed by atoms with Gasteiger partial charge in [-0.2, -0.15) is 0 Å². The molecule has 1 N–H and O–H groups in total. The van der Waals surface area contributed by atoms with Crippen LogP contribution in [0.2, 0.25) is 0 Å². The number of piperidine rings is 1. The lowest BCUT2D eigenvalue weighted by Crippen LogP contribution is -2.40. The summed E-state index contributed by atoms with van der Waals surface area (Å²) in [4.78, 5) is 19.6. The number of hydrogen-bond acceptors (Lipinski definition) is 4. The lowest BCUT2D eigenvalue weighted by molar-refractivity contribution is -0.131. The molecule has 18 heavy (non-hydrogen) atoms. The van der Waals surface area contributed by atoms with Crippen LogP contribution in [0.25, 0.3) is 0 Å². The standard InChI is InChI=1S/C13H21N3OS/c1-10-11(2)18-12(15-10)8-14-9-13(17)16-6-4-3-5-7-16/h14H,3-9H2,1-2H3. The number of thiazole rings is 1. The van der Waals surface area contributed by atoms with Crippen molar-refractivity contribution < 1.29 is 4.79 Å². The maximum Gasteiger partial charge on any atom is 0.236 e. The fourth-order valence-electron chi connectivity index (χ4n) is 2.15. The number of carbonyl (C=O) groups excluding carboxylic acids is 1. The molecular formula is C13H21N3OS. The Labute approximate surface area is 112 Å². The summed E-state index contributed by atoms with van der Waals surface area (Å²) in [6, 6.07) is 0. The normalized spacial score (nSPS) is 16.0. The van der Waals surface area contributed by atoms with Crippen molar-refractivity contribution in [3.63, 3.8) is 0 Å². The number of nitrogens with one attached hydrogen (secondary N) is 1. The summed E-state index contributed by atoms with van der Waals surface area (Å²) in [7, 11) is 0. The van der Waals surface area contributed by atoms with Gasteiger partial charge in [-0.25, -0.2) is 4.98 Å². The van der Waals surface area contributed by atoms with Crippen LogP contribution in [0.3, 0.4) is 0 Å². The molecule has 1 aliphatic rings. The molecule has 1 saturated heterocycles. The van der Waals surface area contributed by atoms with E-state index in [9.17, 15) is 4.79 Å². The highest BCUT2D eigenvalue weighted by molar-refractivity contribution is 7.11. The lowest BCUT2D eigenvalue weighted by atomic mass is 10.1. The molecule has 5 heteroatoms. The van der Waals surface area contributed by atoms with Crippen molar-refractivity contribution in [1.82, 2.24) is 15.2 Å². The number of amides is 1. The summed E-state index contributed by atoms with van der Waals surface area (Å²) in [6.07, 6.45) is 3.56. The van der Waals surface area contributed by atoms with Gasteiger partial charge in [0, 0.05) is 24.5 Å². The Balaban J connectivity index is 1.72. The summed E-state index contributed by atoms with van der Waals surface area (Å²) in [5.41, 5.74) is 1.10. The third-order valence-corrected chi connectivity index (χ3v) is 4.41. The predicted molar refractivity (Wildman–Crippen MR) is 73.7 cm³/mol. The molecule has 0 saturated carbocycles. The van der Waals surface area contributed by atoms with Gasteiger partial charge in [0.15, 0.2) is 0 Å². The minimum absolute atomic E-state index is 0.222. The maximum atomic E-state index is 11.9. The molecule has 1 aromatic rings. The molecule has 0 bridgehead atoms. The summed E-state index contributed by atoms with van der Waals surface area (Å²) >= 11 is 1.70. The molecule has 0 atom stereocenters. The molecule has 2 rings (SSSR count). The fraction of sp³-hybridized carbons (Fsp3) is 0.692. The zero-order valence-electron chi connectivity index (χ0n) is 11.2. The Kier molecular flexibility index (Phi) is 4.72. The van der Waals surface area contributed by atoms with Crippen molar-refractivity contribution in [2.75, 3.05) is 19.6 Å². The van der Waals surface area contributed by atoms with E-state index in [1.54, 1.807) is 11.3 Å². The lowest BCUT2D eigenvalue weighted by Gasteiger charge is -2.26. The van der Waals surface area contributed by atoms with Crippen LogP contribution in [0, 0.1) is 13.8 Å². The van der Waals surface area contributed by atoms with Crippen LogP contribution in [0.1, 0.15) is 34.8 Å². The first-order valence-electron chi connectivity index (χ1n) is 6.58. The maximum absolute atomic E-state index is 11.9. The molecular weight excluding hydrogens is 246 g/mol. The summed E-state index contributed by atoms with van der Waals surface area (Å²) in [5, 5.41) is 4.26. The SMILES string of the molecule is Cc1nc(CNCC(=O)N2CCCCC2)sc1C. The monoisotopic (exact) mass is 267 g/mol. The molecule has 1 aliphatic heterocycles. The van der Waals surface area contributed by atoms with Gasteiger partial charge in [-0.1, -0.05) is 0 Å². The van der Waals surface area contributed by atoms with E-state index in [2.05, 4.69) is 17.2 Å². The number of rotatable bonds is 4. The van der Waals surface area contributed by atoms with Gasteiger partial charge in [0.05, 0.1) is 12.2 Å². The number of nitrogens with zero attached hydrogens (tertiary/aromatic N) is 2. The molecule has 0 aromatic carbocycles. The van der Waals surface area contributed by atoms with E-state index in [1.807, 2.05) is 11.8 Å². The summed E-state index contributed by atoms with van der Waals surface area (Å²) < 4.78 is 0.